The van der Waals surface area contributed by atoms with Crippen molar-refractivity contribution in [2.24, 2.45) is 0 Å². The number of aromatic nitrogens is 4. The van der Waals surface area contributed by atoms with E-state index in [1.54, 1.807) is 28.5 Å². The van der Waals surface area contributed by atoms with Gasteiger partial charge in [-0.3, -0.25) is 4.79 Å². The van der Waals surface area contributed by atoms with Gasteiger partial charge in [-0.25, -0.2) is 15.0 Å². The number of piperidine rings is 1. The van der Waals surface area contributed by atoms with Crippen LogP contribution >= 0.6 is 11.3 Å². The van der Waals surface area contributed by atoms with E-state index in [4.69, 9.17) is 0 Å². The fourth-order valence-corrected chi connectivity index (χ4v) is 3.94. The second-order valence-corrected chi connectivity index (χ2v) is 7.07. The van der Waals surface area contributed by atoms with Crippen molar-refractivity contribution in [2.45, 2.75) is 25.3 Å². The first kappa shape index (κ1) is 16.7. The lowest BCUT2D eigenvalue weighted by Gasteiger charge is -2.32. The molecule has 0 saturated carbocycles. The molecule has 1 N–H and O–H groups in total. The minimum Gasteiger partial charge on any atom is -0.505 e. The van der Waals surface area contributed by atoms with Gasteiger partial charge >= 0.3 is 0 Å². The number of amides is 1. The highest BCUT2D eigenvalue weighted by Gasteiger charge is 2.29. The summed E-state index contributed by atoms with van der Waals surface area (Å²) in [5.41, 5.74) is 2.95. The van der Waals surface area contributed by atoms with Gasteiger partial charge in [0.25, 0.3) is 5.91 Å². The molecule has 7 nitrogen and oxygen atoms in total. The number of pyridine rings is 1. The maximum Gasteiger partial charge on any atom is 0.276 e. The lowest BCUT2D eigenvalue weighted by atomic mass is 9.96. The molecule has 1 fully saturated rings. The molecule has 1 aliphatic heterocycles. The summed E-state index contributed by atoms with van der Waals surface area (Å²) in [7, 11) is 0. The molecule has 1 atom stereocenters. The number of thiazole rings is 1. The molecule has 0 bridgehead atoms. The van der Waals surface area contributed by atoms with E-state index in [1.165, 1.54) is 12.3 Å². The highest BCUT2D eigenvalue weighted by Crippen LogP contribution is 2.28. The van der Waals surface area contributed by atoms with E-state index in [0.29, 0.717) is 19.6 Å². The maximum absolute atomic E-state index is 12.7. The molecular formula is C18H19N5O2S. The summed E-state index contributed by atoms with van der Waals surface area (Å²) in [6.07, 6.45) is 7.15. The molecule has 1 amide bonds. The van der Waals surface area contributed by atoms with Crippen LogP contribution in [-0.2, 0) is 6.54 Å². The number of hydrogen-bond donors (Lipinski definition) is 1. The largest absolute Gasteiger partial charge is 0.505 e. The van der Waals surface area contributed by atoms with Crippen LogP contribution in [0.3, 0.4) is 0 Å². The number of likely N-dealkylation sites (tertiary alicyclic amines) is 1. The van der Waals surface area contributed by atoms with Gasteiger partial charge in [0.05, 0.1) is 17.7 Å². The Morgan fingerprint density at radius 3 is 3.04 bits per heavy atom. The average Bonchev–Trinajstić information content (AvgIpc) is 3.34. The normalized spacial score (nSPS) is 17.4. The summed E-state index contributed by atoms with van der Waals surface area (Å²) in [4.78, 5) is 27.4. The van der Waals surface area contributed by atoms with E-state index in [2.05, 4.69) is 19.5 Å². The van der Waals surface area contributed by atoms with E-state index in [9.17, 15) is 9.90 Å². The molecule has 0 unspecified atom stereocenters. The van der Waals surface area contributed by atoms with Gasteiger partial charge in [-0.2, -0.15) is 0 Å². The van der Waals surface area contributed by atoms with Crippen molar-refractivity contribution in [1.82, 2.24) is 24.4 Å². The molecule has 0 spiro atoms. The van der Waals surface area contributed by atoms with Crippen LogP contribution in [0, 0.1) is 0 Å². The summed E-state index contributed by atoms with van der Waals surface area (Å²) in [5, 5.41) is 11.9. The fraction of sp³-hybridized carbons (Fsp3) is 0.333. The number of hydrogen-bond acceptors (Lipinski definition) is 6. The van der Waals surface area contributed by atoms with E-state index in [-0.39, 0.29) is 23.3 Å². The van der Waals surface area contributed by atoms with Gasteiger partial charge in [-0.05, 0) is 25.0 Å². The number of carbonyl (C=O) groups is 1. The van der Waals surface area contributed by atoms with Gasteiger partial charge < -0.3 is 14.6 Å². The molecule has 0 radical (unpaired) electrons. The monoisotopic (exact) mass is 369 g/mol. The van der Waals surface area contributed by atoms with Crippen molar-refractivity contribution in [3.63, 3.8) is 0 Å². The van der Waals surface area contributed by atoms with Crippen LogP contribution in [0.4, 0.5) is 0 Å². The Kier molecular flexibility index (Phi) is 4.66. The van der Waals surface area contributed by atoms with Crippen molar-refractivity contribution in [2.75, 3.05) is 13.1 Å². The van der Waals surface area contributed by atoms with E-state index in [1.807, 2.05) is 17.1 Å². The second-order valence-electron chi connectivity index (χ2n) is 6.35. The van der Waals surface area contributed by atoms with Crippen LogP contribution in [0.15, 0.2) is 41.6 Å². The summed E-state index contributed by atoms with van der Waals surface area (Å²) in [5.74, 6) is 0.822. The molecule has 0 aromatic carbocycles. The molecule has 3 aromatic rings. The van der Waals surface area contributed by atoms with Crippen LogP contribution < -0.4 is 0 Å². The minimum absolute atomic E-state index is 0.0790. The number of nitrogens with zero attached hydrogens (tertiary/aromatic N) is 5. The standard InChI is InChI=1S/C18H19N5O2S/c24-15-4-1-5-19-16(15)18(25)23-7-2-3-13(9-23)17-20-6-8-22(17)10-14-11-26-12-21-14/h1,4-6,8,11-13,24H,2-3,7,9-10H2/t13-/m1/s1. The minimum atomic E-state index is -0.231. The molecule has 4 rings (SSSR count). The third-order valence-electron chi connectivity index (χ3n) is 4.63. The Morgan fingerprint density at radius 1 is 1.31 bits per heavy atom. The maximum atomic E-state index is 12.7. The Balaban J connectivity index is 1.52. The van der Waals surface area contributed by atoms with Gasteiger partial charge in [0.2, 0.25) is 0 Å². The van der Waals surface area contributed by atoms with E-state index in [0.717, 1.165) is 24.4 Å². The number of imidazole rings is 1. The Bertz CT molecular complexity index is 893. The second kappa shape index (κ2) is 7.25. The van der Waals surface area contributed by atoms with Crippen LogP contribution in [0.25, 0.3) is 0 Å². The lowest BCUT2D eigenvalue weighted by Crippen LogP contribution is -2.40. The van der Waals surface area contributed by atoms with Gasteiger partial charge in [0.15, 0.2) is 5.69 Å². The summed E-state index contributed by atoms with van der Waals surface area (Å²) in [6, 6.07) is 3.10. The molecule has 1 aliphatic rings. The van der Waals surface area contributed by atoms with Crippen LogP contribution in [0.5, 0.6) is 5.75 Å². The first-order valence-electron chi connectivity index (χ1n) is 8.53. The molecule has 134 valence electrons. The Morgan fingerprint density at radius 2 is 2.23 bits per heavy atom. The van der Waals surface area contributed by atoms with Gasteiger partial charge in [-0.15, -0.1) is 11.3 Å². The highest BCUT2D eigenvalue weighted by atomic mass is 32.1. The molecule has 3 aromatic heterocycles. The fourth-order valence-electron chi connectivity index (χ4n) is 3.39. The molecule has 4 heterocycles. The van der Waals surface area contributed by atoms with Crippen LogP contribution in [0.2, 0.25) is 0 Å². The predicted octanol–water partition coefficient (Wildman–Crippen LogP) is 2.51. The van der Waals surface area contributed by atoms with Crippen molar-refractivity contribution in [3.8, 4) is 5.75 Å². The van der Waals surface area contributed by atoms with Crippen molar-refractivity contribution in [3.05, 3.63) is 58.8 Å². The van der Waals surface area contributed by atoms with Crippen molar-refractivity contribution >= 4 is 17.2 Å². The Labute approximate surface area is 155 Å². The van der Waals surface area contributed by atoms with Crippen LogP contribution in [-0.4, -0.2) is 48.5 Å². The van der Waals surface area contributed by atoms with Gasteiger partial charge in [0.1, 0.15) is 11.6 Å². The predicted molar refractivity (Wildman–Crippen MR) is 97.2 cm³/mol. The molecule has 26 heavy (non-hydrogen) atoms. The zero-order valence-corrected chi connectivity index (χ0v) is 15.0. The molecule has 0 aliphatic carbocycles. The Hall–Kier alpha value is -2.74. The molecule has 8 heteroatoms. The third-order valence-corrected chi connectivity index (χ3v) is 5.26. The lowest BCUT2D eigenvalue weighted by molar-refractivity contribution is 0.0694. The average molecular weight is 369 g/mol. The molecule has 1 saturated heterocycles. The van der Waals surface area contributed by atoms with Crippen LogP contribution in [0.1, 0.15) is 40.8 Å². The van der Waals surface area contributed by atoms with Crippen molar-refractivity contribution < 1.29 is 9.90 Å². The number of rotatable bonds is 4. The smallest absolute Gasteiger partial charge is 0.276 e. The van der Waals surface area contributed by atoms with E-state index >= 15 is 0 Å². The quantitative estimate of drug-likeness (QED) is 0.764. The first-order valence-corrected chi connectivity index (χ1v) is 9.48. The topological polar surface area (TPSA) is 84.1 Å². The number of aromatic hydroxyl groups is 1. The highest BCUT2D eigenvalue weighted by molar-refractivity contribution is 7.07. The molecular weight excluding hydrogens is 350 g/mol. The number of carbonyl (C=O) groups excluding carboxylic acids is 1. The van der Waals surface area contributed by atoms with E-state index < -0.39 is 0 Å². The SMILES string of the molecule is O=C(c1ncccc1O)N1CCC[C@@H](c2nccn2Cc2cscn2)C1. The van der Waals surface area contributed by atoms with Gasteiger partial charge in [0, 0.05) is 43.0 Å². The van der Waals surface area contributed by atoms with Gasteiger partial charge in [-0.1, -0.05) is 0 Å². The summed E-state index contributed by atoms with van der Waals surface area (Å²) in [6.45, 7) is 1.92. The summed E-state index contributed by atoms with van der Waals surface area (Å²) < 4.78 is 2.10. The zero-order valence-electron chi connectivity index (χ0n) is 14.2. The van der Waals surface area contributed by atoms with Crippen molar-refractivity contribution in [1.29, 1.82) is 0 Å². The third kappa shape index (κ3) is 3.32. The summed E-state index contributed by atoms with van der Waals surface area (Å²) >= 11 is 1.58. The zero-order chi connectivity index (χ0) is 17.9. The first-order chi connectivity index (χ1) is 12.7.